The van der Waals surface area contributed by atoms with Crippen LogP contribution in [0.1, 0.15) is 43.5 Å². The van der Waals surface area contributed by atoms with Gasteiger partial charge in [0.1, 0.15) is 0 Å². The third-order valence-electron chi connectivity index (χ3n) is 6.35. The highest BCUT2D eigenvalue weighted by molar-refractivity contribution is 7.07. The lowest BCUT2D eigenvalue weighted by Gasteiger charge is -2.25. The molecule has 0 saturated heterocycles. The fourth-order valence-electron chi connectivity index (χ4n) is 4.70. The van der Waals surface area contributed by atoms with E-state index >= 15 is 0 Å². The maximum absolute atomic E-state index is 14.0. The molecule has 4 aromatic rings. The van der Waals surface area contributed by atoms with E-state index in [4.69, 9.17) is 19.2 Å². The third kappa shape index (κ3) is 5.35. The van der Waals surface area contributed by atoms with Crippen molar-refractivity contribution in [2.24, 2.45) is 4.99 Å². The molecule has 0 N–H and O–H groups in total. The number of benzene rings is 3. The number of rotatable bonds is 9. The van der Waals surface area contributed by atoms with E-state index in [1.54, 1.807) is 11.5 Å². The van der Waals surface area contributed by atoms with Crippen LogP contribution in [-0.4, -0.2) is 30.4 Å². The Balaban J connectivity index is 1.75. The van der Waals surface area contributed by atoms with E-state index in [0.717, 1.165) is 16.7 Å². The molecule has 1 aliphatic heterocycles. The number of fused-ring (bicyclic) bond motifs is 1. The van der Waals surface area contributed by atoms with Crippen molar-refractivity contribution in [3.8, 4) is 11.5 Å². The average Bonchev–Trinajstić information content (AvgIpc) is 3.29. The Bertz CT molecular complexity index is 1720. The molecule has 0 radical (unpaired) electrons. The summed E-state index contributed by atoms with van der Waals surface area (Å²) in [5, 5.41) is 0. The number of esters is 1. The standard InChI is InChI=1S/C32H30N2O5S/c1-4-37-24-18-17-21(19-25(24)38-5-2)20-26-30(35)34-29(23-15-11-8-12-16-23)27(31(36)39-6-3)28(33-32(34)40-26)22-13-9-7-10-14-22/h7-20,29H,4-6H2,1-3H3/b26-20-/t29-/m1/s1. The quantitative estimate of drug-likeness (QED) is 0.280. The van der Waals surface area contributed by atoms with E-state index < -0.39 is 12.0 Å². The van der Waals surface area contributed by atoms with Crippen molar-refractivity contribution >= 4 is 29.1 Å². The summed E-state index contributed by atoms with van der Waals surface area (Å²) in [6.45, 7) is 6.81. The van der Waals surface area contributed by atoms with Crippen molar-refractivity contribution in [3.63, 3.8) is 0 Å². The second-order valence-electron chi connectivity index (χ2n) is 8.91. The van der Waals surface area contributed by atoms with Gasteiger partial charge in [-0.05, 0) is 50.1 Å². The molecule has 0 unspecified atom stereocenters. The minimum Gasteiger partial charge on any atom is -0.490 e. The van der Waals surface area contributed by atoms with Gasteiger partial charge < -0.3 is 14.2 Å². The van der Waals surface area contributed by atoms with Crippen LogP contribution in [0.15, 0.2) is 94.2 Å². The van der Waals surface area contributed by atoms with Gasteiger partial charge in [0.2, 0.25) is 0 Å². The summed E-state index contributed by atoms with van der Waals surface area (Å²) in [5.74, 6) is 0.767. The number of hydrogen-bond acceptors (Lipinski definition) is 7. The molecule has 40 heavy (non-hydrogen) atoms. The molecule has 0 spiro atoms. The molecule has 5 rings (SSSR count). The summed E-state index contributed by atoms with van der Waals surface area (Å²) in [5.41, 5.74) is 2.95. The largest absolute Gasteiger partial charge is 0.490 e. The molecule has 0 aliphatic carbocycles. The first kappa shape index (κ1) is 27.1. The van der Waals surface area contributed by atoms with Crippen molar-refractivity contribution in [1.29, 1.82) is 0 Å². The molecule has 0 saturated carbocycles. The van der Waals surface area contributed by atoms with E-state index in [2.05, 4.69) is 0 Å². The lowest BCUT2D eigenvalue weighted by molar-refractivity contribution is -0.138. The summed E-state index contributed by atoms with van der Waals surface area (Å²) < 4.78 is 19.1. The van der Waals surface area contributed by atoms with Gasteiger partial charge in [-0.2, -0.15) is 0 Å². The maximum Gasteiger partial charge on any atom is 0.338 e. The van der Waals surface area contributed by atoms with Crippen LogP contribution in [0.3, 0.4) is 0 Å². The van der Waals surface area contributed by atoms with Gasteiger partial charge in [0, 0.05) is 5.56 Å². The van der Waals surface area contributed by atoms with Crippen LogP contribution in [0.2, 0.25) is 0 Å². The predicted molar refractivity (Wildman–Crippen MR) is 156 cm³/mol. The summed E-state index contributed by atoms with van der Waals surface area (Å²) in [6, 6.07) is 23.9. The van der Waals surface area contributed by atoms with Gasteiger partial charge >= 0.3 is 5.97 Å². The minimum atomic E-state index is -0.701. The second kappa shape index (κ2) is 12.2. The van der Waals surface area contributed by atoms with Gasteiger partial charge in [-0.15, -0.1) is 0 Å². The Morgan fingerprint density at radius 1 is 0.900 bits per heavy atom. The van der Waals surface area contributed by atoms with Gasteiger partial charge in [-0.25, -0.2) is 9.79 Å². The number of carbonyl (C=O) groups excluding carboxylic acids is 1. The molecule has 0 bridgehead atoms. The van der Waals surface area contributed by atoms with Crippen molar-refractivity contribution in [3.05, 3.63) is 121 Å². The Morgan fingerprint density at radius 2 is 1.57 bits per heavy atom. The Kier molecular flexibility index (Phi) is 8.26. The van der Waals surface area contributed by atoms with Crippen LogP contribution in [0.5, 0.6) is 11.5 Å². The van der Waals surface area contributed by atoms with Gasteiger partial charge in [-0.1, -0.05) is 78.1 Å². The van der Waals surface area contributed by atoms with Crippen LogP contribution >= 0.6 is 11.3 Å². The molecule has 204 valence electrons. The zero-order chi connectivity index (χ0) is 28.1. The lowest BCUT2D eigenvalue weighted by atomic mass is 9.93. The van der Waals surface area contributed by atoms with Crippen molar-refractivity contribution in [2.45, 2.75) is 26.8 Å². The average molecular weight is 555 g/mol. The number of thiazole rings is 1. The first-order valence-corrected chi connectivity index (χ1v) is 14.1. The van der Waals surface area contributed by atoms with Crippen molar-refractivity contribution in [2.75, 3.05) is 19.8 Å². The molecular formula is C32H30N2O5S. The Hall–Kier alpha value is -4.43. The first-order valence-electron chi connectivity index (χ1n) is 13.3. The highest BCUT2D eigenvalue weighted by atomic mass is 32.1. The molecule has 0 amide bonds. The number of hydrogen-bond donors (Lipinski definition) is 0. The number of nitrogens with zero attached hydrogens (tertiary/aromatic N) is 2. The molecule has 1 aromatic heterocycles. The summed E-state index contributed by atoms with van der Waals surface area (Å²) in [6.07, 6.45) is 1.82. The maximum atomic E-state index is 14.0. The zero-order valence-electron chi connectivity index (χ0n) is 22.6. The SMILES string of the molecule is CCOC(=O)C1=C(c2ccccc2)N=c2s/c(=C\c3ccc(OCC)c(OCC)c3)c(=O)n2[C@@H]1c1ccccc1. The molecule has 7 nitrogen and oxygen atoms in total. The van der Waals surface area contributed by atoms with Crippen LogP contribution in [-0.2, 0) is 9.53 Å². The second-order valence-corrected chi connectivity index (χ2v) is 9.92. The smallest absolute Gasteiger partial charge is 0.338 e. The predicted octanol–water partition coefficient (Wildman–Crippen LogP) is 4.73. The van der Waals surface area contributed by atoms with E-state index in [0.29, 0.717) is 45.3 Å². The molecule has 2 heterocycles. The molecule has 8 heteroatoms. The highest BCUT2D eigenvalue weighted by Gasteiger charge is 2.35. The summed E-state index contributed by atoms with van der Waals surface area (Å²) >= 11 is 1.28. The van der Waals surface area contributed by atoms with Crippen molar-refractivity contribution in [1.82, 2.24) is 4.57 Å². The third-order valence-corrected chi connectivity index (χ3v) is 7.34. The van der Waals surface area contributed by atoms with Gasteiger partial charge in [-0.3, -0.25) is 9.36 Å². The number of aromatic nitrogens is 1. The molecule has 3 aromatic carbocycles. The van der Waals surface area contributed by atoms with Crippen LogP contribution in [0.25, 0.3) is 11.8 Å². The molecule has 1 aliphatic rings. The summed E-state index contributed by atoms with van der Waals surface area (Å²) in [4.78, 5) is 32.9. The van der Waals surface area contributed by atoms with E-state index in [1.165, 1.54) is 11.3 Å². The topological polar surface area (TPSA) is 79.1 Å². The number of ether oxygens (including phenoxy) is 3. The minimum absolute atomic E-state index is 0.205. The summed E-state index contributed by atoms with van der Waals surface area (Å²) in [7, 11) is 0. The van der Waals surface area contributed by atoms with E-state index in [9.17, 15) is 9.59 Å². The Labute approximate surface area is 236 Å². The Morgan fingerprint density at radius 3 is 2.25 bits per heavy atom. The molecular weight excluding hydrogens is 524 g/mol. The van der Waals surface area contributed by atoms with Gasteiger partial charge in [0.25, 0.3) is 5.56 Å². The van der Waals surface area contributed by atoms with Crippen molar-refractivity contribution < 1.29 is 19.0 Å². The zero-order valence-corrected chi connectivity index (χ0v) is 23.4. The fraction of sp³-hybridized carbons (Fsp3) is 0.219. The van der Waals surface area contributed by atoms with Crippen LogP contribution in [0, 0.1) is 0 Å². The fourth-order valence-corrected chi connectivity index (χ4v) is 5.70. The van der Waals surface area contributed by atoms with Gasteiger partial charge in [0.05, 0.1) is 41.7 Å². The van der Waals surface area contributed by atoms with Gasteiger partial charge in [0.15, 0.2) is 16.3 Å². The lowest BCUT2D eigenvalue weighted by Crippen LogP contribution is -2.39. The normalized spacial score (nSPS) is 14.9. The molecule has 0 fully saturated rings. The molecule has 1 atom stereocenters. The number of carbonyl (C=O) groups is 1. The van der Waals surface area contributed by atoms with Crippen LogP contribution < -0.4 is 24.4 Å². The van der Waals surface area contributed by atoms with E-state index in [-0.39, 0.29) is 12.2 Å². The first-order chi connectivity index (χ1) is 19.5. The van der Waals surface area contributed by atoms with Crippen LogP contribution in [0.4, 0.5) is 0 Å². The van der Waals surface area contributed by atoms with E-state index in [1.807, 2.05) is 98.8 Å². The highest BCUT2D eigenvalue weighted by Crippen LogP contribution is 2.35. The monoisotopic (exact) mass is 554 g/mol.